The molecule has 5 aromatic rings. The summed E-state index contributed by atoms with van der Waals surface area (Å²) in [6, 6.07) is 34.9. The number of nitrogens with zero attached hydrogens (tertiary/aromatic N) is 1. The molecule has 4 aromatic carbocycles. The fourth-order valence-corrected chi connectivity index (χ4v) is 6.98. The molecule has 0 saturated heterocycles. The van der Waals surface area contributed by atoms with Gasteiger partial charge in [-0.3, -0.25) is 0 Å². The van der Waals surface area contributed by atoms with Crippen LogP contribution in [0.5, 0.6) is 11.5 Å². The number of hydrogen-bond acceptors (Lipinski definition) is 4. The summed E-state index contributed by atoms with van der Waals surface area (Å²) in [6.45, 7) is 0. The summed E-state index contributed by atoms with van der Waals surface area (Å²) in [5.74, 6) is 1.18. The van der Waals surface area contributed by atoms with Gasteiger partial charge in [0.1, 0.15) is 5.44 Å². The van der Waals surface area contributed by atoms with Gasteiger partial charge in [-0.15, -0.1) is 0 Å². The van der Waals surface area contributed by atoms with E-state index in [1.165, 1.54) is 0 Å². The van der Waals surface area contributed by atoms with Gasteiger partial charge in [0.2, 0.25) is 0 Å². The predicted octanol–water partition coefficient (Wildman–Crippen LogP) is 5.56. The lowest BCUT2D eigenvalue weighted by atomic mass is 10.1. The van der Waals surface area contributed by atoms with Crippen LogP contribution < -0.4 is 25.5 Å². The minimum absolute atomic E-state index is 0.530. The summed E-state index contributed by atoms with van der Waals surface area (Å²) in [4.78, 5) is 5.07. The van der Waals surface area contributed by atoms with Crippen molar-refractivity contribution in [2.45, 2.75) is 0 Å². The zero-order chi connectivity index (χ0) is 23.5. The molecule has 0 N–H and O–H groups in total. The Labute approximate surface area is 199 Å². The highest BCUT2D eigenvalue weighted by molar-refractivity contribution is 7.85. The van der Waals surface area contributed by atoms with E-state index in [1.54, 1.807) is 14.2 Å². The molecule has 0 radical (unpaired) electrons. The zero-order valence-corrected chi connectivity index (χ0v) is 19.9. The monoisotopic (exact) mass is 465 g/mol. The molecule has 0 spiro atoms. The molecule has 0 aliphatic rings. The number of hydrogen-bond donors (Lipinski definition) is 0. The molecule has 0 atom stereocenters. The number of aromatic nitrogens is 1. The first-order valence-corrected chi connectivity index (χ1v) is 12.7. The largest absolute Gasteiger partial charge is 0.493 e. The number of ether oxygens (including phenoxy) is 2. The Morgan fingerprint density at radius 2 is 1.15 bits per heavy atom. The molecule has 0 bridgehead atoms. The molecule has 5 heteroatoms. The van der Waals surface area contributed by atoms with Crippen molar-refractivity contribution < 1.29 is 14.0 Å². The van der Waals surface area contributed by atoms with Crippen LogP contribution in [0.15, 0.2) is 109 Å². The molecule has 5 rings (SSSR count). The molecular formula is C29H24NO3P. The highest BCUT2D eigenvalue weighted by Crippen LogP contribution is 2.45. The average molecular weight is 465 g/mol. The van der Waals surface area contributed by atoms with Gasteiger partial charge in [0.15, 0.2) is 18.6 Å². The summed E-state index contributed by atoms with van der Waals surface area (Å²) in [7, 11) is -0.117. The molecule has 1 heterocycles. The van der Waals surface area contributed by atoms with Crippen molar-refractivity contribution in [1.29, 1.82) is 0 Å². The molecule has 0 aliphatic heterocycles. The van der Waals surface area contributed by atoms with Crippen molar-refractivity contribution in [3.8, 4) is 22.8 Å². The zero-order valence-electron chi connectivity index (χ0n) is 19.0. The van der Waals surface area contributed by atoms with Gasteiger partial charge >= 0.3 is 0 Å². The van der Waals surface area contributed by atoms with Crippen LogP contribution in [0.3, 0.4) is 0 Å². The van der Waals surface area contributed by atoms with E-state index in [-0.39, 0.29) is 0 Å². The van der Waals surface area contributed by atoms with E-state index in [2.05, 4.69) is 0 Å². The molecule has 0 fully saturated rings. The molecule has 0 amide bonds. The summed E-state index contributed by atoms with van der Waals surface area (Å²) in [5.41, 5.74) is 2.23. The van der Waals surface area contributed by atoms with Crippen molar-refractivity contribution in [2.24, 2.45) is 0 Å². The van der Waals surface area contributed by atoms with E-state index >= 15 is 4.57 Å². The van der Waals surface area contributed by atoms with Gasteiger partial charge in [-0.25, -0.2) is 4.98 Å². The van der Waals surface area contributed by atoms with Crippen LogP contribution >= 0.6 is 7.14 Å². The summed E-state index contributed by atoms with van der Waals surface area (Å²) in [5, 5.41) is 3.12. The van der Waals surface area contributed by atoms with Gasteiger partial charge < -0.3 is 14.0 Å². The minimum atomic E-state index is -3.33. The first-order valence-electron chi connectivity index (χ1n) is 11.0. The molecule has 4 nitrogen and oxygen atoms in total. The maximum absolute atomic E-state index is 15.2. The molecule has 0 aliphatic carbocycles. The minimum Gasteiger partial charge on any atom is -0.493 e. The summed E-state index contributed by atoms with van der Waals surface area (Å²) < 4.78 is 26.4. The third kappa shape index (κ3) is 3.76. The van der Waals surface area contributed by atoms with Gasteiger partial charge in [-0.05, 0) is 23.6 Å². The van der Waals surface area contributed by atoms with E-state index in [0.29, 0.717) is 16.9 Å². The van der Waals surface area contributed by atoms with Crippen molar-refractivity contribution in [1.82, 2.24) is 4.98 Å². The van der Waals surface area contributed by atoms with Crippen LogP contribution in [0.25, 0.3) is 22.0 Å². The highest BCUT2D eigenvalue weighted by atomic mass is 31.2. The Bertz CT molecular complexity index is 1440. The molecule has 1 aromatic heterocycles. The van der Waals surface area contributed by atoms with E-state index in [9.17, 15) is 0 Å². The first-order chi connectivity index (χ1) is 16.6. The number of methoxy groups -OCH3 is 2. The van der Waals surface area contributed by atoms with Crippen LogP contribution in [0, 0.1) is 0 Å². The molecule has 0 unspecified atom stereocenters. The predicted molar refractivity (Wildman–Crippen MR) is 140 cm³/mol. The fraction of sp³-hybridized carbons (Fsp3) is 0.0690. The molecule has 0 saturated carbocycles. The third-order valence-corrected chi connectivity index (χ3v) is 8.91. The maximum Gasteiger partial charge on any atom is 0.189 e. The lowest BCUT2D eigenvalue weighted by Crippen LogP contribution is -2.28. The van der Waals surface area contributed by atoms with Crippen LogP contribution in [-0.2, 0) is 4.57 Å². The van der Waals surface area contributed by atoms with E-state index in [4.69, 9.17) is 14.5 Å². The lowest BCUT2D eigenvalue weighted by molar-refractivity contribution is 0.356. The van der Waals surface area contributed by atoms with Crippen LogP contribution in [0.4, 0.5) is 0 Å². The summed E-state index contributed by atoms with van der Waals surface area (Å²) >= 11 is 0. The lowest BCUT2D eigenvalue weighted by Gasteiger charge is -2.22. The topological polar surface area (TPSA) is 48.4 Å². The quantitative estimate of drug-likeness (QED) is 0.308. The molecular weight excluding hydrogens is 441 g/mol. The fourth-order valence-electron chi connectivity index (χ4n) is 4.23. The SMILES string of the molecule is COc1cc2cc(-c3ccccc3)nc(P(=O)(c3ccccc3)c3ccccc3)c2cc1OC. The van der Waals surface area contributed by atoms with Gasteiger partial charge in [-0.2, -0.15) is 0 Å². The highest BCUT2D eigenvalue weighted by Gasteiger charge is 2.34. The number of benzene rings is 4. The maximum atomic E-state index is 15.2. The Kier molecular flexibility index (Phi) is 5.91. The Morgan fingerprint density at radius 1 is 0.647 bits per heavy atom. The van der Waals surface area contributed by atoms with Gasteiger partial charge in [0, 0.05) is 21.6 Å². The van der Waals surface area contributed by atoms with Crippen molar-refractivity contribution in [3.63, 3.8) is 0 Å². The van der Waals surface area contributed by atoms with Gasteiger partial charge in [0.05, 0.1) is 19.9 Å². The van der Waals surface area contributed by atoms with Crippen LogP contribution in [-0.4, -0.2) is 19.2 Å². The second-order valence-corrected chi connectivity index (χ2v) is 10.6. The van der Waals surface area contributed by atoms with Crippen molar-refractivity contribution in [3.05, 3.63) is 109 Å². The number of pyridine rings is 1. The van der Waals surface area contributed by atoms with E-state index < -0.39 is 7.14 Å². The van der Waals surface area contributed by atoms with Crippen LogP contribution in [0.1, 0.15) is 0 Å². The average Bonchev–Trinajstić information content (AvgIpc) is 2.92. The van der Waals surface area contributed by atoms with Crippen molar-refractivity contribution in [2.75, 3.05) is 14.2 Å². The van der Waals surface area contributed by atoms with Crippen molar-refractivity contribution >= 4 is 34.0 Å². The summed E-state index contributed by atoms with van der Waals surface area (Å²) in [6.07, 6.45) is 0. The third-order valence-electron chi connectivity index (χ3n) is 5.92. The van der Waals surface area contributed by atoms with E-state index in [1.807, 2.05) is 109 Å². The Balaban J connectivity index is 1.92. The molecule has 34 heavy (non-hydrogen) atoms. The number of rotatable bonds is 6. The Morgan fingerprint density at radius 3 is 1.68 bits per heavy atom. The van der Waals surface area contributed by atoms with Gasteiger partial charge in [-0.1, -0.05) is 91.0 Å². The van der Waals surface area contributed by atoms with Crippen LogP contribution in [0.2, 0.25) is 0 Å². The standard InChI is InChI=1S/C29H24NO3P/c1-32-27-19-22-18-26(21-12-6-3-7-13-21)30-29(25(22)20-28(27)33-2)34(31,23-14-8-4-9-15-23)24-16-10-5-11-17-24/h3-20H,1-2H3. The smallest absolute Gasteiger partial charge is 0.189 e. The molecule has 168 valence electrons. The second kappa shape index (κ2) is 9.17. The first kappa shape index (κ1) is 21.9. The normalized spacial score (nSPS) is 11.4. The number of fused-ring (bicyclic) bond motifs is 1. The second-order valence-electron chi connectivity index (χ2n) is 7.91. The van der Waals surface area contributed by atoms with E-state index in [0.717, 1.165) is 32.6 Å². The van der Waals surface area contributed by atoms with Gasteiger partial charge in [0.25, 0.3) is 0 Å². The Hall–Kier alpha value is -3.88.